The maximum Gasteiger partial charge on any atom is 0.119 e. The molecule has 2 rings (SSSR count). The molecule has 1 nitrogen and oxygen atoms in total. The van der Waals surface area contributed by atoms with Crippen LogP contribution in [0.5, 0.6) is 5.75 Å². The highest BCUT2D eigenvalue weighted by atomic mass is 79.9. The van der Waals surface area contributed by atoms with Gasteiger partial charge >= 0.3 is 0 Å². The van der Waals surface area contributed by atoms with E-state index in [-0.39, 0.29) is 0 Å². The van der Waals surface area contributed by atoms with E-state index in [0.717, 1.165) is 35.0 Å². The Morgan fingerprint density at radius 2 is 1.76 bits per heavy atom. The summed E-state index contributed by atoms with van der Waals surface area (Å²) >= 11 is 7.06. The standard InChI is InChI=1S/C18H20Br2O/c1-14-4-2-3-5-16(14)12-15(13-19)10-11-21-18-8-6-17(20)7-9-18/h2-9,15H,10-13H2,1H3. The zero-order valence-electron chi connectivity index (χ0n) is 12.2. The fraction of sp³-hybridized carbons (Fsp3) is 0.333. The Balaban J connectivity index is 1.82. The minimum absolute atomic E-state index is 0.599. The maximum absolute atomic E-state index is 5.82. The molecule has 112 valence electrons. The van der Waals surface area contributed by atoms with Crippen LogP contribution in [-0.2, 0) is 6.42 Å². The number of benzene rings is 2. The molecule has 0 aliphatic heterocycles. The highest BCUT2D eigenvalue weighted by molar-refractivity contribution is 9.10. The molecule has 0 heterocycles. The van der Waals surface area contributed by atoms with Gasteiger partial charge in [-0.2, -0.15) is 0 Å². The summed E-state index contributed by atoms with van der Waals surface area (Å²) in [6, 6.07) is 16.6. The second kappa shape index (κ2) is 8.60. The molecule has 0 aromatic heterocycles. The van der Waals surface area contributed by atoms with E-state index in [0.29, 0.717) is 5.92 Å². The van der Waals surface area contributed by atoms with Crippen LogP contribution < -0.4 is 4.74 Å². The summed E-state index contributed by atoms with van der Waals surface area (Å²) in [5.74, 6) is 1.53. The SMILES string of the molecule is Cc1ccccc1CC(CBr)CCOc1ccc(Br)cc1. The van der Waals surface area contributed by atoms with Crippen LogP contribution in [0, 0.1) is 12.8 Å². The van der Waals surface area contributed by atoms with Gasteiger partial charge in [-0.1, -0.05) is 56.1 Å². The summed E-state index contributed by atoms with van der Waals surface area (Å²) < 4.78 is 6.90. The Hall–Kier alpha value is -0.800. The second-order valence-corrected chi connectivity index (χ2v) is 6.81. The molecule has 0 aliphatic rings. The monoisotopic (exact) mass is 410 g/mol. The van der Waals surface area contributed by atoms with E-state index in [1.807, 2.05) is 24.3 Å². The Bertz CT molecular complexity index is 551. The van der Waals surface area contributed by atoms with Crippen LogP contribution in [0.2, 0.25) is 0 Å². The van der Waals surface area contributed by atoms with Gasteiger partial charge in [0.25, 0.3) is 0 Å². The first kappa shape index (κ1) is 16.6. The summed E-state index contributed by atoms with van der Waals surface area (Å²) in [6.45, 7) is 2.93. The van der Waals surface area contributed by atoms with Gasteiger partial charge in [0.2, 0.25) is 0 Å². The third-order valence-corrected chi connectivity index (χ3v) is 5.04. The largest absolute Gasteiger partial charge is 0.494 e. The Morgan fingerprint density at radius 3 is 2.43 bits per heavy atom. The van der Waals surface area contributed by atoms with Crippen LogP contribution in [0.3, 0.4) is 0 Å². The molecule has 1 unspecified atom stereocenters. The van der Waals surface area contributed by atoms with E-state index in [9.17, 15) is 0 Å². The van der Waals surface area contributed by atoms with Crippen molar-refractivity contribution >= 4 is 31.9 Å². The molecule has 2 aromatic carbocycles. The maximum atomic E-state index is 5.82. The molecule has 0 saturated carbocycles. The van der Waals surface area contributed by atoms with E-state index in [4.69, 9.17) is 4.74 Å². The number of rotatable bonds is 7. The van der Waals surface area contributed by atoms with Gasteiger partial charge in [0, 0.05) is 9.80 Å². The van der Waals surface area contributed by atoms with Gasteiger partial charge in [-0.15, -0.1) is 0 Å². The summed E-state index contributed by atoms with van der Waals surface area (Å²) in [7, 11) is 0. The number of hydrogen-bond donors (Lipinski definition) is 0. The van der Waals surface area contributed by atoms with E-state index in [1.165, 1.54) is 11.1 Å². The summed E-state index contributed by atoms with van der Waals surface area (Å²) in [4.78, 5) is 0. The van der Waals surface area contributed by atoms with Gasteiger partial charge < -0.3 is 4.74 Å². The van der Waals surface area contributed by atoms with Crippen molar-refractivity contribution in [1.29, 1.82) is 0 Å². The minimum Gasteiger partial charge on any atom is -0.494 e. The fourth-order valence-electron chi connectivity index (χ4n) is 2.26. The summed E-state index contributed by atoms with van der Waals surface area (Å²) in [6.07, 6.45) is 2.15. The second-order valence-electron chi connectivity index (χ2n) is 5.24. The molecule has 0 saturated heterocycles. The van der Waals surface area contributed by atoms with Crippen molar-refractivity contribution in [3.63, 3.8) is 0 Å². The number of alkyl halides is 1. The third-order valence-electron chi connectivity index (χ3n) is 3.60. The lowest BCUT2D eigenvalue weighted by atomic mass is 9.95. The first-order valence-corrected chi connectivity index (χ1v) is 9.09. The molecular formula is C18H20Br2O. The Labute approximate surface area is 144 Å². The molecule has 0 amide bonds. The number of aryl methyl sites for hydroxylation is 1. The third kappa shape index (κ3) is 5.48. The molecule has 2 aromatic rings. The molecule has 0 radical (unpaired) electrons. The van der Waals surface area contributed by atoms with Crippen LogP contribution in [0.15, 0.2) is 53.0 Å². The van der Waals surface area contributed by atoms with Crippen LogP contribution in [0.1, 0.15) is 17.5 Å². The van der Waals surface area contributed by atoms with Crippen molar-refractivity contribution in [3.8, 4) is 5.75 Å². The molecular weight excluding hydrogens is 392 g/mol. The van der Waals surface area contributed by atoms with Crippen LogP contribution in [0.25, 0.3) is 0 Å². The Morgan fingerprint density at radius 1 is 1.05 bits per heavy atom. The first-order chi connectivity index (χ1) is 10.2. The van der Waals surface area contributed by atoms with Gasteiger partial charge in [0.1, 0.15) is 5.75 Å². The zero-order chi connectivity index (χ0) is 15.1. The van der Waals surface area contributed by atoms with Crippen LogP contribution in [-0.4, -0.2) is 11.9 Å². The molecule has 0 N–H and O–H groups in total. The van der Waals surface area contributed by atoms with Crippen molar-refractivity contribution < 1.29 is 4.74 Å². The highest BCUT2D eigenvalue weighted by Gasteiger charge is 2.10. The van der Waals surface area contributed by atoms with Crippen molar-refractivity contribution in [3.05, 3.63) is 64.1 Å². The average Bonchev–Trinajstić information content (AvgIpc) is 2.50. The number of halogens is 2. The quantitative estimate of drug-likeness (QED) is 0.524. The van der Waals surface area contributed by atoms with E-state index in [1.54, 1.807) is 0 Å². The van der Waals surface area contributed by atoms with Crippen LogP contribution >= 0.6 is 31.9 Å². The van der Waals surface area contributed by atoms with Crippen LogP contribution in [0.4, 0.5) is 0 Å². The molecule has 21 heavy (non-hydrogen) atoms. The van der Waals surface area contributed by atoms with Gasteiger partial charge in [-0.3, -0.25) is 0 Å². The molecule has 1 atom stereocenters. The first-order valence-electron chi connectivity index (χ1n) is 7.18. The fourth-order valence-corrected chi connectivity index (χ4v) is 3.08. The van der Waals surface area contributed by atoms with E-state index < -0.39 is 0 Å². The van der Waals surface area contributed by atoms with E-state index in [2.05, 4.69) is 63.0 Å². The Kier molecular flexibility index (Phi) is 6.78. The predicted octanol–water partition coefficient (Wildman–Crippen LogP) is 5.78. The smallest absolute Gasteiger partial charge is 0.119 e. The van der Waals surface area contributed by atoms with Crippen molar-refractivity contribution in [2.24, 2.45) is 5.92 Å². The predicted molar refractivity (Wildman–Crippen MR) is 96.4 cm³/mol. The topological polar surface area (TPSA) is 9.23 Å². The van der Waals surface area contributed by atoms with Gasteiger partial charge in [0.15, 0.2) is 0 Å². The van der Waals surface area contributed by atoms with E-state index >= 15 is 0 Å². The van der Waals surface area contributed by atoms with Crippen molar-refractivity contribution in [2.75, 3.05) is 11.9 Å². The average molecular weight is 412 g/mol. The molecule has 3 heteroatoms. The molecule has 0 spiro atoms. The lowest BCUT2D eigenvalue weighted by molar-refractivity contribution is 0.285. The highest BCUT2D eigenvalue weighted by Crippen LogP contribution is 2.20. The number of hydrogen-bond acceptors (Lipinski definition) is 1. The van der Waals surface area contributed by atoms with Crippen molar-refractivity contribution in [2.45, 2.75) is 19.8 Å². The molecule has 0 fully saturated rings. The lowest BCUT2D eigenvalue weighted by Crippen LogP contribution is -2.12. The van der Waals surface area contributed by atoms with Crippen molar-refractivity contribution in [1.82, 2.24) is 0 Å². The normalized spacial score (nSPS) is 12.1. The number of ether oxygens (including phenoxy) is 1. The lowest BCUT2D eigenvalue weighted by Gasteiger charge is -2.16. The summed E-state index contributed by atoms with van der Waals surface area (Å²) in [5.41, 5.74) is 2.81. The molecule has 0 aliphatic carbocycles. The van der Waals surface area contributed by atoms with Gasteiger partial charge in [-0.25, -0.2) is 0 Å². The minimum atomic E-state index is 0.599. The summed E-state index contributed by atoms with van der Waals surface area (Å²) in [5, 5.41) is 1.00. The molecule has 0 bridgehead atoms. The van der Waals surface area contributed by atoms with Gasteiger partial charge in [0.05, 0.1) is 6.61 Å². The van der Waals surface area contributed by atoms with Gasteiger partial charge in [-0.05, 0) is 61.1 Å². The zero-order valence-corrected chi connectivity index (χ0v) is 15.4.